The standard InChI is InChI=1S/C11H10F5NO3/c1-19-6-3-5(4-7(18)20-2)8(10(12)13)17-9(6)11(14,15)16/h3,10H,4H2,1-2H3. The normalized spacial score (nSPS) is 11.6. The number of carbonyl (C=O) groups is 1. The van der Waals surface area contributed by atoms with Crippen molar-refractivity contribution in [3.05, 3.63) is 23.0 Å². The van der Waals surface area contributed by atoms with Gasteiger partial charge < -0.3 is 9.47 Å². The van der Waals surface area contributed by atoms with Crippen molar-refractivity contribution in [2.45, 2.75) is 19.0 Å². The lowest BCUT2D eigenvalue weighted by atomic mass is 10.1. The van der Waals surface area contributed by atoms with Gasteiger partial charge in [-0.2, -0.15) is 13.2 Å². The topological polar surface area (TPSA) is 48.4 Å². The van der Waals surface area contributed by atoms with E-state index < -0.39 is 42.1 Å². The van der Waals surface area contributed by atoms with Gasteiger partial charge in [0.05, 0.1) is 20.6 Å². The van der Waals surface area contributed by atoms with E-state index in [9.17, 15) is 26.7 Å². The zero-order valence-electron chi connectivity index (χ0n) is 10.4. The van der Waals surface area contributed by atoms with E-state index in [4.69, 9.17) is 0 Å². The molecule has 1 rings (SSSR count). The Labute approximate surface area is 110 Å². The molecule has 0 bridgehead atoms. The van der Waals surface area contributed by atoms with Crippen LogP contribution in [0.25, 0.3) is 0 Å². The van der Waals surface area contributed by atoms with Gasteiger partial charge in [-0.05, 0) is 11.6 Å². The number of ether oxygens (including phenoxy) is 2. The van der Waals surface area contributed by atoms with Crippen LogP contribution in [0, 0.1) is 0 Å². The zero-order valence-corrected chi connectivity index (χ0v) is 10.4. The third-order valence-corrected chi connectivity index (χ3v) is 2.36. The molecule has 4 nitrogen and oxygen atoms in total. The minimum atomic E-state index is -4.95. The van der Waals surface area contributed by atoms with Gasteiger partial charge >= 0.3 is 12.1 Å². The van der Waals surface area contributed by atoms with Crippen LogP contribution in [0.1, 0.15) is 23.4 Å². The largest absolute Gasteiger partial charge is 0.494 e. The average molecular weight is 299 g/mol. The molecule has 0 spiro atoms. The molecule has 0 unspecified atom stereocenters. The van der Waals surface area contributed by atoms with Crippen LogP contribution in [0.15, 0.2) is 6.07 Å². The molecule has 0 aliphatic heterocycles. The number of nitrogens with zero attached hydrogens (tertiary/aromatic N) is 1. The van der Waals surface area contributed by atoms with Crippen molar-refractivity contribution >= 4 is 5.97 Å². The summed E-state index contributed by atoms with van der Waals surface area (Å²) in [6.07, 6.45) is -8.84. The molecule has 0 N–H and O–H groups in total. The summed E-state index contributed by atoms with van der Waals surface area (Å²) in [6.45, 7) is 0. The monoisotopic (exact) mass is 299 g/mol. The summed E-state index contributed by atoms with van der Waals surface area (Å²) < 4.78 is 72.3. The fourth-order valence-electron chi connectivity index (χ4n) is 1.46. The second-order valence-electron chi connectivity index (χ2n) is 3.63. The van der Waals surface area contributed by atoms with Crippen LogP contribution in [-0.4, -0.2) is 25.2 Å². The van der Waals surface area contributed by atoms with Gasteiger partial charge in [-0.1, -0.05) is 0 Å². The molecule has 0 saturated carbocycles. The van der Waals surface area contributed by atoms with E-state index in [1.165, 1.54) is 0 Å². The Bertz CT molecular complexity index is 502. The smallest absolute Gasteiger partial charge is 0.437 e. The predicted octanol–water partition coefficient (Wildman–Crippen LogP) is 2.76. The van der Waals surface area contributed by atoms with Gasteiger partial charge in [0.25, 0.3) is 6.43 Å². The Kier molecular flexibility index (Phi) is 4.85. The Balaban J connectivity index is 3.41. The summed E-state index contributed by atoms with van der Waals surface area (Å²) in [5.74, 6) is -1.61. The number of esters is 1. The number of rotatable bonds is 4. The Morgan fingerprint density at radius 2 is 1.95 bits per heavy atom. The van der Waals surface area contributed by atoms with E-state index in [-0.39, 0.29) is 5.56 Å². The van der Waals surface area contributed by atoms with E-state index in [1.807, 2.05) is 0 Å². The van der Waals surface area contributed by atoms with Gasteiger partial charge in [0, 0.05) is 0 Å². The molecule has 112 valence electrons. The highest BCUT2D eigenvalue weighted by atomic mass is 19.4. The SMILES string of the molecule is COC(=O)Cc1cc(OC)c(C(F)(F)F)nc1C(F)F. The third-order valence-electron chi connectivity index (χ3n) is 2.36. The van der Waals surface area contributed by atoms with Crippen LogP contribution in [-0.2, 0) is 22.1 Å². The molecule has 0 radical (unpaired) electrons. The van der Waals surface area contributed by atoms with Crippen molar-refractivity contribution in [2.75, 3.05) is 14.2 Å². The molecule has 0 fully saturated rings. The highest BCUT2D eigenvalue weighted by Gasteiger charge is 2.38. The first kappa shape index (κ1) is 16.1. The highest BCUT2D eigenvalue weighted by molar-refractivity contribution is 5.73. The minimum Gasteiger partial charge on any atom is -0.494 e. The number of hydrogen-bond donors (Lipinski definition) is 0. The van der Waals surface area contributed by atoms with E-state index in [0.29, 0.717) is 6.07 Å². The van der Waals surface area contributed by atoms with Crippen LogP contribution >= 0.6 is 0 Å². The lowest BCUT2D eigenvalue weighted by molar-refractivity contribution is -0.142. The average Bonchev–Trinajstić information content (AvgIpc) is 2.36. The van der Waals surface area contributed by atoms with Crippen molar-refractivity contribution in [1.29, 1.82) is 0 Å². The van der Waals surface area contributed by atoms with Crippen molar-refractivity contribution in [3.63, 3.8) is 0 Å². The molecule has 0 aliphatic rings. The summed E-state index contributed by atoms with van der Waals surface area (Å²) in [4.78, 5) is 14.0. The third kappa shape index (κ3) is 3.55. The maximum absolute atomic E-state index is 12.8. The van der Waals surface area contributed by atoms with Crippen LogP contribution in [0.3, 0.4) is 0 Å². The summed E-state index contributed by atoms with van der Waals surface area (Å²) >= 11 is 0. The first-order valence-electron chi connectivity index (χ1n) is 5.20. The summed E-state index contributed by atoms with van der Waals surface area (Å²) in [5.41, 5.74) is -3.07. The fourth-order valence-corrected chi connectivity index (χ4v) is 1.46. The molecule has 0 amide bonds. The van der Waals surface area contributed by atoms with Crippen LogP contribution in [0.4, 0.5) is 22.0 Å². The van der Waals surface area contributed by atoms with Crippen LogP contribution < -0.4 is 4.74 Å². The summed E-state index contributed by atoms with van der Waals surface area (Å²) in [6, 6.07) is 0.717. The van der Waals surface area contributed by atoms with Gasteiger partial charge in [0.15, 0.2) is 5.69 Å². The molecule has 0 atom stereocenters. The van der Waals surface area contributed by atoms with Gasteiger partial charge in [0.2, 0.25) is 0 Å². The lowest BCUT2D eigenvalue weighted by Gasteiger charge is -2.15. The number of alkyl halides is 5. The van der Waals surface area contributed by atoms with E-state index >= 15 is 0 Å². The molecule has 0 aliphatic carbocycles. The maximum Gasteiger partial charge on any atom is 0.437 e. The molecular weight excluding hydrogens is 289 g/mol. The Morgan fingerprint density at radius 3 is 2.35 bits per heavy atom. The first-order valence-corrected chi connectivity index (χ1v) is 5.20. The number of carbonyl (C=O) groups excluding carboxylic acids is 1. The van der Waals surface area contributed by atoms with Crippen LogP contribution in [0.2, 0.25) is 0 Å². The van der Waals surface area contributed by atoms with Crippen molar-refractivity contribution < 1.29 is 36.2 Å². The van der Waals surface area contributed by atoms with E-state index in [0.717, 1.165) is 14.2 Å². The molecule has 1 heterocycles. The van der Waals surface area contributed by atoms with Crippen molar-refractivity contribution in [3.8, 4) is 5.75 Å². The Morgan fingerprint density at radius 1 is 1.35 bits per heavy atom. The molecule has 1 aromatic rings. The quantitative estimate of drug-likeness (QED) is 0.633. The molecule has 1 aromatic heterocycles. The molecule has 20 heavy (non-hydrogen) atoms. The van der Waals surface area contributed by atoms with Gasteiger partial charge in [-0.25, -0.2) is 13.8 Å². The second-order valence-corrected chi connectivity index (χ2v) is 3.63. The van der Waals surface area contributed by atoms with Gasteiger partial charge in [-0.3, -0.25) is 4.79 Å². The molecule has 9 heteroatoms. The highest BCUT2D eigenvalue weighted by Crippen LogP contribution is 2.37. The van der Waals surface area contributed by atoms with E-state index in [2.05, 4.69) is 14.5 Å². The maximum atomic E-state index is 12.8. The first-order chi connectivity index (χ1) is 9.20. The number of pyridine rings is 1. The number of halogens is 5. The predicted molar refractivity (Wildman–Crippen MR) is 56.5 cm³/mol. The summed E-state index contributed by atoms with van der Waals surface area (Å²) in [5, 5.41) is 0. The summed E-state index contributed by atoms with van der Waals surface area (Å²) in [7, 11) is 1.97. The second kappa shape index (κ2) is 6.02. The van der Waals surface area contributed by atoms with E-state index in [1.54, 1.807) is 0 Å². The molecule has 0 aromatic carbocycles. The lowest BCUT2D eigenvalue weighted by Crippen LogP contribution is -2.15. The van der Waals surface area contributed by atoms with Crippen molar-refractivity contribution in [2.24, 2.45) is 0 Å². The number of methoxy groups -OCH3 is 2. The molecule has 0 saturated heterocycles. The minimum absolute atomic E-state index is 0.378. The fraction of sp³-hybridized carbons (Fsp3) is 0.455. The molecular formula is C11H10F5NO3. The van der Waals surface area contributed by atoms with Gasteiger partial charge in [-0.15, -0.1) is 0 Å². The number of hydrogen-bond acceptors (Lipinski definition) is 4. The van der Waals surface area contributed by atoms with Gasteiger partial charge in [0.1, 0.15) is 11.4 Å². The Hall–Kier alpha value is -1.93. The van der Waals surface area contributed by atoms with Crippen LogP contribution in [0.5, 0.6) is 5.75 Å². The zero-order chi connectivity index (χ0) is 15.5. The van der Waals surface area contributed by atoms with Crippen molar-refractivity contribution in [1.82, 2.24) is 4.98 Å². The number of aromatic nitrogens is 1.